The quantitative estimate of drug-likeness (QED) is 0.774. The zero-order valence-electron chi connectivity index (χ0n) is 8.82. The largest absolute Gasteiger partial charge is 0.382 e. The van der Waals surface area contributed by atoms with Gasteiger partial charge in [-0.25, -0.2) is 8.42 Å². The lowest BCUT2D eigenvalue weighted by Gasteiger charge is -2.28. The highest BCUT2D eigenvalue weighted by Gasteiger charge is 2.16. The molecular formula is C10H14N2O2S. The average molecular weight is 226 g/mol. The summed E-state index contributed by atoms with van der Waals surface area (Å²) in [6, 6.07) is 5.19. The van der Waals surface area contributed by atoms with E-state index in [1.807, 2.05) is 13.1 Å². The summed E-state index contributed by atoms with van der Waals surface area (Å²) in [6.07, 6.45) is 1.22. The highest BCUT2D eigenvalue weighted by atomic mass is 32.2. The van der Waals surface area contributed by atoms with E-state index >= 15 is 0 Å². The highest BCUT2D eigenvalue weighted by molar-refractivity contribution is 7.90. The molecule has 1 aliphatic heterocycles. The van der Waals surface area contributed by atoms with Gasteiger partial charge in [-0.1, -0.05) is 0 Å². The van der Waals surface area contributed by atoms with Crippen LogP contribution in [0.25, 0.3) is 0 Å². The third-order valence-electron chi connectivity index (χ3n) is 2.57. The number of nitrogens with zero attached hydrogens (tertiary/aromatic N) is 1. The number of hydrogen-bond donors (Lipinski definition) is 1. The first-order valence-corrected chi connectivity index (χ1v) is 6.67. The van der Waals surface area contributed by atoms with Gasteiger partial charge in [0.05, 0.1) is 16.3 Å². The molecule has 1 aromatic rings. The summed E-state index contributed by atoms with van der Waals surface area (Å²) in [4.78, 5) is 2.47. The van der Waals surface area contributed by atoms with Gasteiger partial charge in [0.2, 0.25) is 0 Å². The summed E-state index contributed by atoms with van der Waals surface area (Å²) >= 11 is 0. The number of sulfone groups is 1. The van der Waals surface area contributed by atoms with Crippen molar-refractivity contribution < 1.29 is 8.42 Å². The zero-order valence-corrected chi connectivity index (χ0v) is 9.63. The lowest BCUT2D eigenvalue weighted by molar-refractivity contribution is 0.602. The van der Waals surface area contributed by atoms with Crippen molar-refractivity contribution in [2.75, 3.05) is 36.6 Å². The fourth-order valence-corrected chi connectivity index (χ4v) is 2.35. The Morgan fingerprint density at radius 2 is 2.13 bits per heavy atom. The van der Waals surface area contributed by atoms with Crippen molar-refractivity contribution in [1.29, 1.82) is 0 Å². The minimum absolute atomic E-state index is 0.365. The molecule has 4 nitrogen and oxygen atoms in total. The molecule has 2 rings (SSSR count). The lowest BCUT2D eigenvalue weighted by atomic mass is 10.2. The van der Waals surface area contributed by atoms with Gasteiger partial charge >= 0.3 is 0 Å². The van der Waals surface area contributed by atoms with Gasteiger partial charge in [-0.3, -0.25) is 0 Å². The van der Waals surface area contributed by atoms with Gasteiger partial charge in [0.25, 0.3) is 0 Å². The fourth-order valence-electron chi connectivity index (χ4n) is 1.70. The Bertz CT molecular complexity index is 482. The number of hydrogen-bond acceptors (Lipinski definition) is 4. The van der Waals surface area contributed by atoms with E-state index in [9.17, 15) is 8.42 Å². The second-order valence-corrected chi connectivity index (χ2v) is 5.82. The predicted molar refractivity (Wildman–Crippen MR) is 61.3 cm³/mol. The molecule has 0 saturated heterocycles. The van der Waals surface area contributed by atoms with Gasteiger partial charge in [0, 0.05) is 26.4 Å². The van der Waals surface area contributed by atoms with Crippen LogP contribution in [0.5, 0.6) is 0 Å². The van der Waals surface area contributed by atoms with Crippen LogP contribution in [0.1, 0.15) is 0 Å². The molecule has 0 bridgehead atoms. The Hall–Kier alpha value is -1.23. The van der Waals surface area contributed by atoms with Crippen LogP contribution in [-0.2, 0) is 9.84 Å². The van der Waals surface area contributed by atoms with Gasteiger partial charge in [0.1, 0.15) is 0 Å². The molecule has 0 fully saturated rings. The molecule has 1 aliphatic rings. The molecule has 0 aromatic heterocycles. The minimum Gasteiger partial charge on any atom is -0.382 e. The Kier molecular flexibility index (Phi) is 2.34. The number of fused-ring (bicyclic) bond motifs is 1. The van der Waals surface area contributed by atoms with E-state index < -0.39 is 9.84 Å². The van der Waals surface area contributed by atoms with Crippen LogP contribution in [0.3, 0.4) is 0 Å². The Morgan fingerprint density at radius 1 is 1.40 bits per heavy atom. The molecule has 15 heavy (non-hydrogen) atoms. The molecule has 0 spiro atoms. The summed E-state index contributed by atoms with van der Waals surface area (Å²) < 4.78 is 22.7. The average Bonchev–Trinajstić information content (AvgIpc) is 2.16. The molecule has 0 saturated carbocycles. The van der Waals surface area contributed by atoms with E-state index in [0.717, 1.165) is 24.5 Å². The Labute approximate surface area is 89.8 Å². The second-order valence-electron chi connectivity index (χ2n) is 3.80. The van der Waals surface area contributed by atoms with Crippen molar-refractivity contribution in [3.05, 3.63) is 18.2 Å². The Morgan fingerprint density at radius 3 is 2.80 bits per heavy atom. The van der Waals surface area contributed by atoms with Crippen LogP contribution < -0.4 is 10.2 Å². The van der Waals surface area contributed by atoms with Crippen molar-refractivity contribution in [2.24, 2.45) is 0 Å². The smallest absolute Gasteiger partial charge is 0.175 e. The number of likely N-dealkylation sites (N-methyl/N-ethyl adjacent to an activating group) is 1. The number of benzene rings is 1. The van der Waals surface area contributed by atoms with Crippen molar-refractivity contribution in [1.82, 2.24) is 0 Å². The SMILES string of the molecule is CN1CCNc2cc(S(C)(=O)=O)ccc21. The van der Waals surface area contributed by atoms with Crippen molar-refractivity contribution in [3.8, 4) is 0 Å². The van der Waals surface area contributed by atoms with E-state index in [4.69, 9.17) is 0 Å². The van der Waals surface area contributed by atoms with Crippen molar-refractivity contribution in [2.45, 2.75) is 4.90 Å². The molecular weight excluding hydrogens is 212 g/mol. The van der Waals surface area contributed by atoms with E-state index in [0.29, 0.717) is 4.90 Å². The molecule has 5 heteroatoms. The lowest BCUT2D eigenvalue weighted by Crippen LogP contribution is -2.30. The van der Waals surface area contributed by atoms with E-state index in [-0.39, 0.29) is 0 Å². The fraction of sp³-hybridized carbons (Fsp3) is 0.400. The van der Waals surface area contributed by atoms with Gasteiger partial charge in [-0.05, 0) is 18.2 Å². The van der Waals surface area contributed by atoms with Crippen LogP contribution in [0, 0.1) is 0 Å². The highest BCUT2D eigenvalue weighted by Crippen LogP contribution is 2.30. The first-order chi connectivity index (χ1) is 6.98. The topological polar surface area (TPSA) is 49.4 Å². The maximum atomic E-state index is 11.4. The van der Waals surface area contributed by atoms with Crippen LogP contribution in [-0.4, -0.2) is 34.8 Å². The van der Waals surface area contributed by atoms with E-state index in [2.05, 4.69) is 10.2 Å². The molecule has 0 atom stereocenters. The van der Waals surface area contributed by atoms with Gasteiger partial charge in [0.15, 0.2) is 9.84 Å². The Balaban J connectivity index is 2.51. The third kappa shape index (κ3) is 1.92. The summed E-state index contributed by atoms with van der Waals surface area (Å²) in [5, 5.41) is 3.20. The first kappa shape index (κ1) is 10.3. The van der Waals surface area contributed by atoms with Crippen LogP contribution in [0.2, 0.25) is 0 Å². The monoisotopic (exact) mass is 226 g/mol. The van der Waals surface area contributed by atoms with E-state index in [1.54, 1.807) is 12.1 Å². The molecule has 0 radical (unpaired) electrons. The second kappa shape index (κ2) is 3.41. The maximum absolute atomic E-state index is 11.4. The van der Waals surface area contributed by atoms with Gasteiger partial charge in [-0.15, -0.1) is 0 Å². The van der Waals surface area contributed by atoms with Crippen LogP contribution in [0.15, 0.2) is 23.1 Å². The molecule has 0 amide bonds. The summed E-state index contributed by atoms with van der Waals surface area (Å²) in [5.41, 5.74) is 1.94. The zero-order chi connectivity index (χ0) is 11.1. The number of nitrogens with one attached hydrogen (secondary N) is 1. The van der Waals surface area contributed by atoms with Gasteiger partial charge in [-0.2, -0.15) is 0 Å². The number of rotatable bonds is 1. The molecule has 1 aromatic carbocycles. The molecule has 1 heterocycles. The van der Waals surface area contributed by atoms with Crippen molar-refractivity contribution >= 4 is 21.2 Å². The summed E-state index contributed by atoms with van der Waals surface area (Å²) in [6.45, 7) is 1.78. The predicted octanol–water partition coefficient (Wildman–Crippen LogP) is 0.952. The van der Waals surface area contributed by atoms with Crippen LogP contribution >= 0.6 is 0 Å². The van der Waals surface area contributed by atoms with Gasteiger partial charge < -0.3 is 10.2 Å². The maximum Gasteiger partial charge on any atom is 0.175 e. The third-order valence-corrected chi connectivity index (χ3v) is 3.68. The minimum atomic E-state index is -3.11. The van der Waals surface area contributed by atoms with Crippen LogP contribution in [0.4, 0.5) is 11.4 Å². The first-order valence-electron chi connectivity index (χ1n) is 4.77. The summed E-state index contributed by atoms with van der Waals surface area (Å²) in [5.74, 6) is 0. The molecule has 0 unspecified atom stereocenters. The standard InChI is InChI=1S/C10H14N2O2S/c1-12-6-5-11-9-7-8(15(2,13)14)3-4-10(9)12/h3-4,7,11H,5-6H2,1-2H3. The molecule has 1 N–H and O–H groups in total. The summed E-state index contributed by atoms with van der Waals surface area (Å²) in [7, 11) is -1.11. The molecule has 0 aliphatic carbocycles. The normalized spacial score (nSPS) is 15.7. The molecule has 82 valence electrons. The number of anilines is 2. The van der Waals surface area contributed by atoms with E-state index in [1.165, 1.54) is 6.26 Å². The van der Waals surface area contributed by atoms with Crippen molar-refractivity contribution in [3.63, 3.8) is 0 Å².